The summed E-state index contributed by atoms with van der Waals surface area (Å²) in [5, 5.41) is 2.97. The molecule has 0 bridgehead atoms. The molecule has 1 atom stereocenters. The average Bonchev–Trinajstić information content (AvgIpc) is 2.47. The first-order valence-corrected chi connectivity index (χ1v) is 6.52. The van der Waals surface area contributed by atoms with Crippen molar-refractivity contribution < 1.29 is 17.9 Å². The Labute approximate surface area is 121 Å². The van der Waals surface area contributed by atoms with Gasteiger partial charge < -0.3 is 10.1 Å². The minimum atomic E-state index is -0.510. The van der Waals surface area contributed by atoms with Crippen molar-refractivity contribution in [3.8, 4) is 5.75 Å². The first-order valence-electron chi connectivity index (χ1n) is 6.52. The van der Waals surface area contributed by atoms with Crippen LogP contribution >= 0.6 is 0 Å². The Morgan fingerprint density at radius 3 is 2.57 bits per heavy atom. The summed E-state index contributed by atoms with van der Waals surface area (Å²) in [6.45, 7) is 1.82. The van der Waals surface area contributed by atoms with Crippen LogP contribution in [0.2, 0.25) is 0 Å². The Bertz CT molecular complexity index is 631. The maximum atomic E-state index is 13.9. The molecule has 0 radical (unpaired) electrons. The van der Waals surface area contributed by atoms with Crippen molar-refractivity contribution in [3.05, 3.63) is 65.0 Å². The molecule has 0 aromatic heterocycles. The lowest BCUT2D eigenvalue weighted by Crippen LogP contribution is -2.20. The minimum Gasteiger partial charge on any atom is -0.496 e. The van der Waals surface area contributed by atoms with Crippen LogP contribution in [0.4, 0.5) is 13.2 Å². The smallest absolute Gasteiger partial charge is 0.131 e. The molecular formula is C16H16F3NO. The first kappa shape index (κ1) is 15.4. The van der Waals surface area contributed by atoms with E-state index < -0.39 is 23.5 Å². The molecular weight excluding hydrogens is 279 g/mol. The number of benzene rings is 2. The van der Waals surface area contributed by atoms with Crippen LogP contribution in [0.25, 0.3) is 0 Å². The highest BCUT2D eigenvalue weighted by atomic mass is 19.1. The van der Waals surface area contributed by atoms with Gasteiger partial charge in [-0.3, -0.25) is 0 Å². The predicted octanol–water partition coefficient (Wildman–Crippen LogP) is 3.96. The van der Waals surface area contributed by atoms with Gasteiger partial charge in [-0.15, -0.1) is 0 Å². The SMILES string of the molecule is COc1cccc(F)c1C(C)NCc1cc(F)ccc1F. The fourth-order valence-electron chi connectivity index (χ4n) is 2.16. The molecule has 0 aliphatic rings. The maximum absolute atomic E-state index is 13.9. The van der Waals surface area contributed by atoms with E-state index in [2.05, 4.69) is 5.32 Å². The number of methoxy groups -OCH3 is 1. The molecule has 2 aromatic carbocycles. The molecule has 0 fully saturated rings. The van der Waals surface area contributed by atoms with E-state index in [0.29, 0.717) is 11.3 Å². The molecule has 2 rings (SSSR count). The molecule has 1 N–H and O–H groups in total. The Morgan fingerprint density at radius 2 is 1.86 bits per heavy atom. The van der Waals surface area contributed by atoms with Gasteiger partial charge in [0.15, 0.2) is 0 Å². The van der Waals surface area contributed by atoms with Crippen molar-refractivity contribution in [2.24, 2.45) is 0 Å². The highest BCUT2D eigenvalue weighted by Gasteiger charge is 2.16. The first-order chi connectivity index (χ1) is 10.0. The fourth-order valence-corrected chi connectivity index (χ4v) is 2.16. The number of halogens is 3. The summed E-state index contributed by atoms with van der Waals surface area (Å²) in [6.07, 6.45) is 0. The minimum absolute atomic E-state index is 0.0856. The Kier molecular flexibility index (Phi) is 4.85. The van der Waals surface area contributed by atoms with Crippen molar-refractivity contribution >= 4 is 0 Å². The number of nitrogens with one attached hydrogen (secondary N) is 1. The molecule has 0 spiro atoms. The molecule has 2 nitrogen and oxygen atoms in total. The summed E-state index contributed by atoms with van der Waals surface area (Å²) in [5.41, 5.74) is 0.550. The summed E-state index contributed by atoms with van der Waals surface area (Å²) in [7, 11) is 1.46. The topological polar surface area (TPSA) is 21.3 Å². The van der Waals surface area contributed by atoms with Crippen molar-refractivity contribution in [1.82, 2.24) is 5.32 Å². The van der Waals surface area contributed by atoms with Crippen LogP contribution in [0, 0.1) is 17.5 Å². The summed E-state index contributed by atoms with van der Waals surface area (Å²) in [5.74, 6) is -1.01. The van der Waals surface area contributed by atoms with Gasteiger partial charge in [0.25, 0.3) is 0 Å². The van der Waals surface area contributed by atoms with Gasteiger partial charge in [0.2, 0.25) is 0 Å². The second-order valence-electron chi connectivity index (χ2n) is 4.69. The van der Waals surface area contributed by atoms with E-state index in [1.54, 1.807) is 19.1 Å². The zero-order chi connectivity index (χ0) is 15.4. The van der Waals surface area contributed by atoms with Crippen molar-refractivity contribution in [1.29, 1.82) is 0 Å². The number of hydrogen-bond acceptors (Lipinski definition) is 2. The van der Waals surface area contributed by atoms with E-state index in [0.717, 1.165) is 18.2 Å². The van der Waals surface area contributed by atoms with Crippen LogP contribution < -0.4 is 10.1 Å². The molecule has 0 saturated carbocycles. The van der Waals surface area contributed by atoms with Crippen LogP contribution in [0.5, 0.6) is 5.75 Å². The zero-order valence-electron chi connectivity index (χ0n) is 11.8. The van der Waals surface area contributed by atoms with Crippen LogP contribution in [-0.2, 0) is 6.54 Å². The summed E-state index contributed by atoms with van der Waals surface area (Å²) < 4.78 is 45.7. The standard InChI is InChI=1S/C16H16F3NO/c1-10(16-14(19)4-3-5-15(16)21-2)20-9-11-8-12(17)6-7-13(11)18/h3-8,10,20H,9H2,1-2H3. The lowest BCUT2D eigenvalue weighted by molar-refractivity contribution is 0.393. The van der Waals surface area contributed by atoms with Gasteiger partial charge in [0.1, 0.15) is 23.2 Å². The van der Waals surface area contributed by atoms with Crippen LogP contribution in [0.1, 0.15) is 24.1 Å². The van der Waals surface area contributed by atoms with Crippen molar-refractivity contribution in [2.75, 3.05) is 7.11 Å². The van der Waals surface area contributed by atoms with Gasteiger partial charge in [-0.05, 0) is 37.3 Å². The molecule has 1 unspecified atom stereocenters. The van der Waals surface area contributed by atoms with E-state index in [1.807, 2.05) is 0 Å². The second kappa shape index (κ2) is 6.63. The van der Waals surface area contributed by atoms with Gasteiger partial charge in [0.05, 0.1) is 7.11 Å². The van der Waals surface area contributed by atoms with E-state index >= 15 is 0 Å². The highest BCUT2D eigenvalue weighted by Crippen LogP contribution is 2.27. The Morgan fingerprint density at radius 1 is 1.10 bits per heavy atom. The Hall–Kier alpha value is -2.01. The average molecular weight is 295 g/mol. The number of rotatable bonds is 5. The second-order valence-corrected chi connectivity index (χ2v) is 4.69. The van der Waals surface area contributed by atoms with E-state index in [9.17, 15) is 13.2 Å². The molecule has 2 aromatic rings. The van der Waals surface area contributed by atoms with Crippen molar-refractivity contribution in [3.63, 3.8) is 0 Å². The van der Waals surface area contributed by atoms with Gasteiger partial charge in [0, 0.05) is 23.7 Å². The highest BCUT2D eigenvalue weighted by molar-refractivity contribution is 5.37. The summed E-state index contributed by atoms with van der Waals surface area (Å²) >= 11 is 0. The molecule has 0 saturated heterocycles. The summed E-state index contributed by atoms with van der Waals surface area (Å²) in [4.78, 5) is 0. The molecule has 112 valence electrons. The van der Waals surface area contributed by atoms with E-state index in [-0.39, 0.29) is 12.1 Å². The van der Waals surface area contributed by atoms with Crippen molar-refractivity contribution in [2.45, 2.75) is 19.5 Å². The third kappa shape index (κ3) is 3.55. The monoisotopic (exact) mass is 295 g/mol. The van der Waals surface area contributed by atoms with Gasteiger partial charge in [-0.2, -0.15) is 0 Å². The quantitative estimate of drug-likeness (QED) is 0.901. The molecule has 21 heavy (non-hydrogen) atoms. The van der Waals surface area contributed by atoms with Crippen LogP contribution in [0.15, 0.2) is 36.4 Å². The summed E-state index contributed by atoms with van der Waals surface area (Å²) in [6, 6.07) is 7.37. The largest absolute Gasteiger partial charge is 0.496 e. The fraction of sp³-hybridized carbons (Fsp3) is 0.250. The molecule has 0 aliphatic carbocycles. The zero-order valence-corrected chi connectivity index (χ0v) is 11.8. The van der Waals surface area contributed by atoms with E-state index in [4.69, 9.17) is 4.74 Å². The maximum Gasteiger partial charge on any atom is 0.131 e. The molecule has 0 heterocycles. The lowest BCUT2D eigenvalue weighted by atomic mass is 10.1. The normalized spacial score (nSPS) is 12.2. The molecule has 0 aliphatic heterocycles. The van der Waals surface area contributed by atoms with Crippen LogP contribution in [0.3, 0.4) is 0 Å². The predicted molar refractivity (Wildman–Crippen MR) is 74.6 cm³/mol. The van der Waals surface area contributed by atoms with Gasteiger partial charge in [-0.25, -0.2) is 13.2 Å². The lowest BCUT2D eigenvalue weighted by Gasteiger charge is -2.18. The van der Waals surface area contributed by atoms with Gasteiger partial charge in [-0.1, -0.05) is 6.07 Å². The molecule has 0 amide bonds. The van der Waals surface area contributed by atoms with Crippen LogP contribution in [-0.4, -0.2) is 7.11 Å². The third-order valence-corrected chi connectivity index (χ3v) is 3.27. The molecule has 5 heteroatoms. The van der Waals surface area contributed by atoms with E-state index in [1.165, 1.54) is 13.2 Å². The van der Waals surface area contributed by atoms with Gasteiger partial charge >= 0.3 is 0 Å². The Balaban J connectivity index is 2.15. The number of hydrogen-bond donors (Lipinski definition) is 1. The number of ether oxygens (including phenoxy) is 1. The third-order valence-electron chi connectivity index (χ3n) is 3.27.